The molecule has 0 atom stereocenters. The molecule has 6 heteroatoms. The summed E-state index contributed by atoms with van der Waals surface area (Å²) in [5, 5.41) is 3.37. The van der Waals surface area contributed by atoms with Crippen LogP contribution in [0.4, 0.5) is 5.69 Å². The maximum atomic E-state index is 12.2. The average Bonchev–Trinajstić information content (AvgIpc) is 2.95. The molecule has 0 bridgehead atoms. The van der Waals surface area contributed by atoms with Crippen LogP contribution in [0.15, 0.2) is 36.4 Å². The van der Waals surface area contributed by atoms with E-state index in [1.165, 1.54) is 5.56 Å². The Balaban J connectivity index is 1.65. The van der Waals surface area contributed by atoms with Gasteiger partial charge >= 0.3 is 0 Å². The number of imidazole rings is 1. The number of ether oxygens (including phenoxy) is 1. The minimum atomic E-state index is -0.118. The van der Waals surface area contributed by atoms with Crippen molar-refractivity contribution in [2.75, 3.05) is 12.4 Å². The van der Waals surface area contributed by atoms with E-state index in [4.69, 9.17) is 16.3 Å². The van der Waals surface area contributed by atoms with Crippen molar-refractivity contribution in [2.24, 2.45) is 0 Å². The summed E-state index contributed by atoms with van der Waals surface area (Å²) in [4.78, 5) is 19.9. The number of amides is 1. The van der Waals surface area contributed by atoms with Gasteiger partial charge in [-0.05, 0) is 42.8 Å². The molecule has 0 aliphatic heterocycles. The first-order chi connectivity index (χ1) is 11.5. The molecule has 0 saturated carbocycles. The Labute approximate surface area is 145 Å². The molecule has 1 aromatic heterocycles. The molecule has 124 valence electrons. The summed E-state index contributed by atoms with van der Waals surface area (Å²) in [5.74, 6) is 1.25. The summed E-state index contributed by atoms with van der Waals surface area (Å²) >= 11 is 5.97. The van der Waals surface area contributed by atoms with Gasteiger partial charge < -0.3 is 15.0 Å². The maximum absolute atomic E-state index is 12.2. The van der Waals surface area contributed by atoms with Crippen LogP contribution >= 0.6 is 11.6 Å². The molecule has 0 aliphatic rings. The summed E-state index contributed by atoms with van der Waals surface area (Å²) < 4.78 is 5.22. The fraction of sp³-hybridized carbons (Fsp3) is 0.222. The topological polar surface area (TPSA) is 67.0 Å². The van der Waals surface area contributed by atoms with E-state index in [1.54, 1.807) is 25.3 Å². The second-order valence-corrected chi connectivity index (χ2v) is 6.03. The van der Waals surface area contributed by atoms with Gasteiger partial charge in [0.1, 0.15) is 11.6 Å². The number of halogens is 1. The molecule has 1 amide bonds. The van der Waals surface area contributed by atoms with Gasteiger partial charge in [0.05, 0.1) is 23.8 Å². The van der Waals surface area contributed by atoms with E-state index < -0.39 is 0 Å². The van der Waals surface area contributed by atoms with E-state index in [2.05, 4.69) is 15.3 Å². The van der Waals surface area contributed by atoms with E-state index in [1.807, 2.05) is 25.1 Å². The van der Waals surface area contributed by atoms with Crippen molar-refractivity contribution in [3.63, 3.8) is 0 Å². The zero-order valence-corrected chi connectivity index (χ0v) is 14.3. The van der Waals surface area contributed by atoms with Gasteiger partial charge in [-0.25, -0.2) is 4.98 Å². The van der Waals surface area contributed by atoms with Gasteiger partial charge in [-0.2, -0.15) is 0 Å². The number of carbonyl (C=O) groups excluding carboxylic acids is 1. The number of fused-ring (bicyclic) bond motifs is 1. The highest BCUT2D eigenvalue weighted by Crippen LogP contribution is 2.27. The Hall–Kier alpha value is -2.53. The lowest BCUT2D eigenvalue weighted by molar-refractivity contribution is -0.116. The van der Waals surface area contributed by atoms with Crippen molar-refractivity contribution in [1.82, 2.24) is 9.97 Å². The summed E-state index contributed by atoms with van der Waals surface area (Å²) in [5.41, 5.74) is 3.63. The van der Waals surface area contributed by atoms with E-state index in [-0.39, 0.29) is 5.91 Å². The van der Waals surface area contributed by atoms with Crippen LogP contribution in [0.5, 0.6) is 5.75 Å². The lowest BCUT2D eigenvalue weighted by Gasteiger charge is -2.10. The van der Waals surface area contributed by atoms with Crippen molar-refractivity contribution < 1.29 is 9.53 Å². The van der Waals surface area contributed by atoms with E-state index in [0.717, 1.165) is 16.9 Å². The van der Waals surface area contributed by atoms with E-state index in [9.17, 15) is 4.79 Å². The lowest BCUT2D eigenvalue weighted by Crippen LogP contribution is -2.13. The van der Waals surface area contributed by atoms with Crippen molar-refractivity contribution in [2.45, 2.75) is 19.8 Å². The van der Waals surface area contributed by atoms with Crippen LogP contribution in [0.2, 0.25) is 5.02 Å². The quantitative estimate of drug-likeness (QED) is 0.732. The van der Waals surface area contributed by atoms with Crippen LogP contribution in [-0.2, 0) is 11.2 Å². The normalized spacial score (nSPS) is 10.8. The van der Waals surface area contributed by atoms with Gasteiger partial charge in [0.15, 0.2) is 0 Å². The fourth-order valence-corrected chi connectivity index (χ4v) is 2.69. The fourth-order valence-electron chi connectivity index (χ4n) is 2.52. The SMILES string of the molecule is COc1ccc(Cl)cc1NC(=O)CCc1nc2ccc(C)cc2[nH]1. The Morgan fingerprint density at radius 3 is 2.92 bits per heavy atom. The first-order valence-electron chi connectivity index (χ1n) is 7.64. The number of aromatic amines is 1. The summed E-state index contributed by atoms with van der Waals surface area (Å²) in [6.45, 7) is 2.03. The number of anilines is 1. The molecule has 0 fully saturated rings. The highest BCUT2D eigenvalue weighted by molar-refractivity contribution is 6.31. The molecule has 0 unspecified atom stereocenters. The van der Waals surface area contributed by atoms with Gasteiger partial charge in [0.25, 0.3) is 0 Å². The van der Waals surface area contributed by atoms with Crippen LogP contribution in [0, 0.1) is 6.92 Å². The number of methoxy groups -OCH3 is 1. The minimum absolute atomic E-state index is 0.118. The number of aromatic nitrogens is 2. The second-order valence-electron chi connectivity index (χ2n) is 5.60. The Bertz CT molecular complexity index is 889. The Morgan fingerprint density at radius 1 is 1.29 bits per heavy atom. The van der Waals surface area contributed by atoms with Crippen LogP contribution in [0.3, 0.4) is 0 Å². The van der Waals surface area contributed by atoms with Crippen LogP contribution in [-0.4, -0.2) is 23.0 Å². The number of hydrogen-bond donors (Lipinski definition) is 2. The van der Waals surface area contributed by atoms with Gasteiger partial charge in [-0.15, -0.1) is 0 Å². The lowest BCUT2D eigenvalue weighted by atomic mass is 10.2. The third-order valence-corrected chi connectivity index (χ3v) is 3.95. The molecule has 5 nitrogen and oxygen atoms in total. The first kappa shape index (κ1) is 16.3. The van der Waals surface area contributed by atoms with Gasteiger partial charge in [0.2, 0.25) is 5.91 Å². The number of nitrogens with zero attached hydrogens (tertiary/aromatic N) is 1. The smallest absolute Gasteiger partial charge is 0.224 e. The second kappa shape index (κ2) is 6.93. The molecule has 2 N–H and O–H groups in total. The molecule has 3 aromatic rings. The third kappa shape index (κ3) is 3.68. The molecule has 0 saturated heterocycles. The van der Waals surface area contributed by atoms with Crippen LogP contribution in [0.1, 0.15) is 17.8 Å². The van der Waals surface area contributed by atoms with Crippen molar-refractivity contribution in [3.05, 3.63) is 52.8 Å². The number of rotatable bonds is 5. The molecule has 0 radical (unpaired) electrons. The number of hydrogen-bond acceptors (Lipinski definition) is 3. The van der Waals surface area contributed by atoms with Crippen molar-refractivity contribution in [3.8, 4) is 5.75 Å². The molecule has 2 aromatic carbocycles. The monoisotopic (exact) mass is 343 g/mol. The Morgan fingerprint density at radius 2 is 2.12 bits per heavy atom. The highest BCUT2D eigenvalue weighted by atomic mass is 35.5. The molecule has 3 rings (SSSR count). The van der Waals surface area contributed by atoms with Crippen molar-refractivity contribution >= 4 is 34.2 Å². The van der Waals surface area contributed by atoms with Crippen molar-refractivity contribution in [1.29, 1.82) is 0 Å². The van der Waals surface area contributed by atoms with E-state index >= 15 is 0 Å². The Kier molecular flexibility index (Phi) is 4.71. The predicted molar refractivity (Wildman–Crippen MR) is 95.8 cm³/mol. The van der Waals surface area contributed by atoms with Gasteiger partial charge in [0, 0.05) is 17.9 Å². The number of carbonyl (C=O) groups is 1. The summed E-state index contributed by atoms with van der Waals surface area (Å²) in [7, 11) is 1.55. The highest BCUT2D eigenvalue weighted by Gasteiger charge is 2.10. The number of benzene rings is 2. The standard InChI is InChI=1S/C18H18ClN3O2/c1-11-3-5-13-14(9-11)21-17(20-13)7-8-18(23)22-15-10-12(19)4-6-16(15)24-2/h3-6,9-10H,7-8H2,1-2H3,(H,20,21)(H,22,23). The molecule has 24 heavy (non-hydrogen) atoms. The third-order valence-electron chi connectivity index (χ3n) is 3.71. The minimum Gasteiger partial charge on any atom is -0.495 e. The van der Waals surface area contributed by atoms with Gasteiger partial charge in [-0.3, -0.25) is 4.79 Å². The molecule has 1 heterocycles. The zero-order chi connectivity index (χ0) is 17.1. The van der Waals surface area contributed by atoms with Crippen LogP contribution in [0.25, 0.3) is 11.0 Å². The summed E-state index contributed by atoms with van der Waals surface area (Å²) in [6, 6.07) is 11.1. The van der Waals surface area contributed by atoms with E-state index in [0.29, 0.717) is 29.3 Å². The molecular weight excluding hydrogens is 326 g/mol. The molecule has 0 spiro atoms. The van der Waals surface area contributed by atoms with Gasteiger partial charge in [-0.1, -0.05) is 17.7 Å². The summed E-state index contributed by atoms with van der Waals surface area (Å²) in [6.07, 6.45) is 0.844. The molecular formula is C18H18ClN3O2. The van der Waals surface area contributed by atoms with Crippen LogP contribution < -0.4 is 10.1 Å². The number of nitrogens with one attached hydrogen (secondary N) is 2. The number of aryl methyl sites for hydroxylation is 2. The number of H-pyrrole nitrogens is 1. The first-order valence-corrected chi connectivity index (χ1v) is 8.01. The molecule has 0 aliphatic carbocycles. The maximum Gasteiger partial charge on any atom is 0.224 e. The zero-order valence-electron chi connectivity index (χ0n) is 13.5. The largest absolute Gasteiger partial charge is 0.495 e. The predicted octanol–water partition coefficient (Wildman–Crippen LogP) is 4.10. The average molecular weight is 344 g/mol.